The molecule has 0 aromatic heterocycles. The van der Waals surface area contributed by atoms with Gasteiger partial charge in [0.15, 0.2) is 11.5 Å². The minimum Gasteiger partial charge on any atom is -0.504 e. The van der Waals surface area contributed by atoms with Gasteiger partial charge in [-0.3, -0.25) is 9.59 Å². The van der Waals surface area contributed by atoms with Crippen LogP contribution in [0.4, 0.5) is 0 Å². The van der Waals surface area contributed by atoms with E-state index in [1.807, 2.05) is 0 Å². The Bertz CT molecular complexity index is 484. The van der Waals surface area contributed by atoms with Gasteiger partial charge in [-0.05, 0) is 11.1 Å². The van der Waals surface area contributed by atoms with Gasteiger partial charge < -0.3 is 31.9 Å². The first-order valence-electron chi connectivity index (χ1n) is 5.73. The summed E-state index contributed by atoms with van der Waals surface area (Å²) in [7, 11) is 0. The molecule has 0 radical (unpaired) electrons. The van der Waals surface area contributed by atoms with Crippen molar-refractivity contribution in [3.05, 3.63) is 23.3 Å². The third kappa shape index (κ3) is 3.59. The van der Waals surface area contributed by atoms with Gasteiger partial charge in [0.2, 0.25) is 0 Å². The van der Waals surface area contributed by atoms with E-state index in [0.717, 1.165) is 0 Å². The number of aliphatic carboxylic acids is 2. The number of hydrogen-bond acceptors (Lipinski definition) is 6. The number of carboxylic acid groups (broad SMARTS) is 2. The second kappa shape index (κ2) is 6.22. The fourth-order valence-electron chi connectivity index (χ4n) is 1.64. The van der Waals surface area contributed by atoms with Crippen molar-refractivity contribution in [1.82, 2.24) is 0 Å². The summed E-state index contributed by atoms with van der Waals surface area (Å²) in [5, 5.41) is 36.9. The Labute approximate surface area is 114 Å². The normalized spacial score (nSPS) is 13.7. The van der Waals surface area contributed by atoms with Crippen LogP contribution < -0.4 is 11.5 Å². The minimum atomic E-state index is -1.24. The summed E-state index contributed by atoms with van der Waals surface area (Å²) in [6, 6.07) is 0.323. The Morgan fingerprint density at radius 3 is 1.45 bits per heavy atom. The fraction of sp³-hybridized carbons (Fsp3) is 0.333. The van der Waals surface area contributed by atoms with Crippen LogP contribution in [-0.4, -0.2) is 44.4 Å². The van der Waals surface area contributed by atoms with Gasteiger partial charge in [0.1, 0.15) is 12.1 Å². The molecule has 0 heterocycles. The van der Waals surface area contributed by atoms with Crippen molar-refractivity contribution in [2.75, 3.05) is 0 Å². The molecule has 2 unspecified atom stereocenters. The highest BCUT2D eigenvalue weighted by Gasteiger charge is 2.20. The van der Waals surface area contributed by atoms with E-state index in [1.54, 1.807) is 0 Å². The van der Waals surface area contributed by atoms with E-state index in [1.165, 1.54) is 12.1 Å². The molecule has 2 atom stereocenters. The Morgan fingerprint density at radius 2 is 1.20 bits per heavy atom. The molecule has 1 rings (SSSR count). The van der Waals surface area contributed by atoms with Gasteiger partial charge in [-0.15, -0.1) is 0 Å². The average molecular weight is 284 g/mol. The van der Waals surface area contributed by atoms with Crippen LogP contribution in [0.25, 0.3) is 0 Å². The number of hydrogen-bond donors (Lipinski definition) is 6. The topological polar surface area (TPSA) is 167 Å². The molecule has 110 valence electrons. The van der Waals surface area contributed by atoms with Gasteiger partial charge in [0, 0.05) is 12.8 Å². The molecule has 8 N–H and O–H groups in total. The Kier molecular flexibility index (Phi) is 4.89. The van der Waals surface area contributed by atoms with Gasteiger partial charge in [-0.2, -0.15) is 0 Å². The van der Waals surface area contributed by atoms with Crippen molar-refractivity contribution in [2.24, 2.45) is 11.5 Å². The van der Waals surface area contributed by atoms with Crippen molar-refractivity contribution in [2.45, 2.75) is 24.9 Å². The van der Waals surface area contributed by atoms with Crippen LogP contribution in [0.2, 0.25) is 0 Å². The molecule has 0 saturated carbocycles. The lowest BCUT2D eigenvalue weighted by molar-refractivity contribution is -0.139. The second-order valence-electron chi connectivity index (χ2n) is 4.38. The summed E-state index contributed by atoms with van der Waals surface area (Å²) < 4.78 is 0. The maximum atomic E-state index is 10.6. The van der Waals surface area contributed by atoms with E-state index in [4.69, 9.17) is 21.7 Å². The third-order valence-corrected chi connectivity index (χ3v) is 2.83. The highest BCUT2D eigenvalue weighted by Crippen LogP contribution is 2.33. The van der Waals surface area contributed by atoms with Crippen molar-refractivity contribution < 1.29 is 30.0 Å². The summed E-state index contributed by atoms with van der Waals surface area (Å²) in [5.41, 5.74) is 11.0. The van der Waals surface area contributed by atoms with E-state index in [9.17, 15) is 19.8 Å². The molecule has 0 aliphatic carbocycles. The molecular weight excluding hydrogens is 268 g/mol. The zero-order valence-electron chi connectivity index (χ0n) is 10.5. The summed E-state index contributed by atoms with van der Waals surface area (Å²) in [4.78, 5) is 21.3. The smallest absolute Gasteiger partial charge is 0.320 e. The Hall–Kier alpha value is -2.32. The fourth-order valence-corrected chi connectivity index (χ4v) is 1.64. The summed E-state index contributed by atoms with van der Waals surface area (Å²) >= 11 is 0. The highest BCUT2D eigenvalue weighted by atomic mass is 16.4. The van der Waals surface area contributed by atoms with E-state index in [0.29, 0.717) is 0 Å². The number of carbonyl (C=O) groups is 2. The van der Waals surface area contributed by atoms with Crippen LogP contribution in [0.15, 0.2) is 12.1 Å². The first kappa shape index (κ1) is 15.7. The van der Waals surface area contributed by atoms with Gasteiger partial charge in [-0.1, -0.05) is 12.1 Å². The van der Waals surface area contributed by atoms with Crippen molar-refractivity contribution in [3.8, 4) is 11.5 Å². The summed E-state index contributed by atoms with van der Waals surface area (Å²) in [6.07, 6.45) is -0.333. The van der Waals surface area contributed by atoms with Crippen LogP contribution in [0.5, 0.6) is 11.5 Å². The number of phenolic OH excluding ortho intramolecular Hbond substituents is 2. The van der Waals surface area contributed by atoms with Crippen molar-refractivity contribution >= 4 is 11.9 Å². The minimum absolute atomic E-state index is 0.157. The maximum absolute atomic E-state index is 10.6. The van der Waals surface area contributed by atoms with E-state index >= 15 is 0 Å². The number of phenols is 2. The molecule has 0 spiro atoms. The highest BCUT2D eigenvalue weighted by molar-refractivity contribution is 5.74. The van der Waals surface area contributed by atoms with E-state index in [-0.39, 0.29) is 24.0 Å². The molecule has 0 aliphatic rings. The van der Waals surface area contributed by atoms with Crippen LogP contribution in [0.1, 0.15) is 11.1 Å². The molecule has 1 aromatic rings. The van der Waals surface area contributed by atoms with Gasteiger partial charge in [0.25, 0.3) is 0 Å². The molecule has 1 aromatic carbocycles. The second-order valence-corrected chi connectivity index (χ2v) is 4.38. The number of nitrogens with two attached hydrogens (primary N) is 2. The van der Waals surface area contributed by atoms with Gasteiger partial charge in [-0.25, -0.2) is 0 Å². The third-order valence-electron chi connectivity index (χ3n) is 2.83. The number of aromatic hydroxyl groups is 2. The predicted molar refractivity (Wildman–Crippen MR) is 68.4 cm³/mol. The lowest BCUT2D eigenvalue weighted by Gasteiger charge is -2.13. The molecule has 0 saturated heterocycles. The molecule has 0 bridgehead atoms. The van der Waals surface area contributed by atoms with Crippen LogP contribution in [0, 0.1) is 0 Å². The zero-order chi connectivity index (χ0) is 15.4. The first-order chi connectivity index (χ1) is 9.23. The first-order valence-corrected chi connectivity index (χ1v) is 5.73. The van der Waals surface area contributed by atoms with Gasteiger partial charge in [0.05, 0.1) is 0 Å². The molecule has 0 aliphatic heterocycles. The molecular formula is C12H16N2O6. The number of rotatable bonds is 6. The number of carboxylic acids is 2. The molecule has 8 nitrogen and oxygen atoms in total. The monoisotopic (exact) mass is 284 g/mol. The van der Waals surface area contributed by atoms with E-state index in [2.05, 4.69) is 0 Å². The Balaban J connectivity index is 2.97. The van der Waals surface area contributed by atoms with Crippen LogP contribution in [0.3, 0.4) is 0 Å². The maximum Gasteiger partial charge on any atom is 0.320 e. The standard InChI is InChI=1S/C12H16N2O6/c13-7(11(17)18)3-5-1-2-6(10(16)9(5)15)4-8(14)12(19)20/h1-2,7-8,15-16H,3-4,13-14H2,(H,17,18)(H,19,20). The molecule has 0 fully saturated rings. The zero-order valence-corrected chi connectivity index (χ0v) is 10.5. The lowest BCUT2D eigenvalue weighted by atomic mass is 9.99. The molecule has 0 amide bonds. The summed E-state index contributed by atoms with van der Waals surface area (Å²) in [6.45, 7) is 0. The summed E-state index contributed by atoms with van der Waals surface area (Å²) in [5.74, 6) is -3.50. The Morgan fingerprint density at radius 1 is 0.900 bits per heavy atom. The quantitative estimate of drug-likeness (QED) is 0.362. The predicted octanol–water partition coefficient (Wildman–Crippen LogP) is -0.993. The molecule has 8 heteroatoms. The van der Waals surface area contributed by atoms with Crippen molar-refractivity contribution in [1.29, 1.82) is 0 Å². The van der Waals surface area contributed by atoms with Crippen LogP contribution in [-0.2, 0) is 22.4 Å². The van der Waals surface area contributed by atoms with Crippen molar-refractivity contribution in [3.63, 3.8) is 0 Å². The largest absolute Gasteiger partial charge is 0.504 e. The van der Waals surface area contributed by atoms with E-state index < -0.39 is 35.5 Å². The lowest BCUT2D eigenvalue weighted by Crippen LogP contribution is -2.32. The van der Waals surface area contributed by atoms with Gasteiger partial charge >= 0.3 is 11.9 Å². The molecule has 20 heavy (non-hydrogen) atoms. The number of benzene rings is 1. The average Bonchev–Trinajstić information content (AvgIpc) is 2.37. The van der Waals surface area contributed by atoms with Crippen LogP contribution >= 0.6 is 0 Å². The SMILES string of the molecule is NC(Cc1ccc(CC(N)C(=O)O)c(O)c1O)C(=O)O.